The number of nitrogens with one attached hydrogen (secondary N) is 2. The molecule has 3 amide bonds. The van der Waals surface area contributed by atoms with Gasteiger partial charge in [-0.25, -0.2) is 0 Å². The Labute approximate surface area is 164 Å². The van der Waals surface area contributed by atoms with Crippen molar-refractivity contribution in [2.24, 2.45) is 5.73 Å². The van der Waals surface area contributed by atoms with Crippen LogP contribution in [0.4, 0.5) is 13.2 Å². The molecule has 0 aliphatic heterocycles. The first-order valence-electron chi connectivity index (χ1n) is 8.37. The van der Waals surface area contributed by atoms with E-state index in [1.807, 2.05) is 0 Å². The summed E-state index contributed by atoms with van der Waals surface area (Å²) in [4.78, 5) is 34.6. The van der Waals surface area contributed by atoms with Gasteiger partial charge in [0.1, 0.15) is 5.75 Å². The Morgan fingerprint density at radius 3 is 1.90 bits per heavy atom. The van der Waals surface area contributed by atoms with Gasteiger partial charge in [-0.2, -0.15) is 13.2 Å². The van der Waals surface area contributed by atoms with Crippen molar-refractivity contribution in [1.82, 2.24) is 10.6 Å². The second kappa shape index (κ2) is 9.58. The minimum absolute atomic E-state index is 0.00377. The number of carbonyl (C=O) groups is 3. The quantitative estimate of drug-likeness (QED) is 0.617. The maximum absolute atomic E-state index is 12.1. The summed E-state index contributed by atoms with van der Waals surface area (Å²) in [7, 11) is 0. The fraction of sp³-hybridized carbons (Fsp3) is 0.211. The maximum Gasteiger partial charge on any atom is 0.422 e. The average Bonchev–Trinajstić information content (AvgIpc) is 2.69. The third kappa shape index (κ3) is 7.53. The molecule has 0 spiro atoms. The number of hydrogen-bond donors (Lipinski definition) is 3. The molecule has 0 radical (unpaired) electrons. The first-order chi connectivity index (χ1) is 13.6. The number of nitrogens with two attached hydrogens (primary N) is 1. The van der Waals surface area contributed by atoms with Gasteiger partial charge in [0, 0.05) is 17.7 Å². The molecule has 0 aliphatic carbocycles. The minimum atomic E-state index is -4.44. The van der Waals surface area contributed by atoms with Crippen LogP contribution in [0.25, 0.3) is 0 Å². The molecule has 29 heavy (non-hydrogen) atoms. The van der Waals surface area contributed by atoms with Gasteiger partial charge in [0.25, 0.3) is 11.8 Å². The highest BCUT2D eigenvalue weighted by Gasteiger charge is 2.28. The molecule has 154 valence electrons. The first kappa shape index (κ1) is 21.7. The Kier molecular flexibility index (Phi) is 7.18. The van der Waals surface area contributed by atoms with Crippen LogP contribution in [0, 0.1) is 0 Å². The summed E-state index contributed by atoms with van der Waals surface area (Å²) in [6.07, 6.45) is -4.44. The average molecular weight is 409 g/mol. The van der Waals surface area contributed by atoms with Gasteiger partial charge in [0.15, 0.2) is 6.61 Å². The molecule has 0 saturated carbocycles. The van der Waals surface area contributed by atoms with E-state index in [1.54, 1.807) is 12.1 Å². The second-order valence-electron chi connectivity index (χ2n) is 5.96. The van der Waals surface area contributed by atoms with Gasteiger partial charge in [-0.15, -0.1) is 0 Å². The van der Waals surface area contributed by atoms with Gasteiger partial charge in [0.2, 0.25) is 5.91 Å². The van der Waals surface area contributed by atoms with Gasteiger partial charge in [-0.3, -0.25) is 14.4 Å². The number of benzene rings is 2. The summed E-state index contributed by atoms with van der Waals surface area (Å²) >= 11 is 0. The van der Waals surface area contributed by atoms with Crippen LogP contribution in [0.2, 0.25) is 0 Å². The molecular formula is C19H18F3N3O4. The van der Waals surface area contributed by atoms with Crippen molar-refractivity contribution < 1.29 is 32.3 Å². The molecule has 0 unspecified atom stereocenters. The van der Waals surface area contributed by atoms with Crippen molar-refractivity contribution in [2.75, 3.05) is 13.2 Å². The molecule has 0 saturated heterocycles. The normalized spacial score (nSPS) is 10.9. The minimum Gasteiger partial charge on any atom is -0.484 e. The predicted octanol–water partition coefficient (Wildman–Crippen LogP) is 1.77. The zero-order valence-electron chi connectivity index (χ0n) is 15.1. The van der Waals surface area contributed by atoms with E-state index in [4.69, 9.17) is 5.73 Å². The van der Waals surface area contributed by atoms with E-state index in [1.165, 1.54) is 36.4 Å². The summed E-state index contributed by atoms with van der Waals surface area (Å²) in [5.41, 5.74) is 6.26. The van der Waals surface area contributed by atoms with Crippen LogP contribution in [0.15, 0.2) is 48.5 Å². The highest BCUT2D eigenvalue weighted by atomic mass is 19.4. The van der Waals surface area contributed by atoms with E-state index >= 15 is 0 Å². The molecule has 7 nitrogen and oxygen atoms in total. The number of primary amides is 1. The summed E-state index contributed by atoms with van der Waals surface area (Å²) in [6, 6.07) is 11.6. The number of ether oxygens (including phenoxy) is 1. The van der Waals surface area contributed by atoms with Crippen LogP contribution in [-0.2, 0) is 11.3 Å². The molecule has 2 rings (SSSR count). The number of carbonyl (C=O) groups excluding carboxylic acids is 3. The van der Waals surface area contributed by atoms with E-state index in [0.717, 1.165) is 5.56 Å². The van der Waals surface area contributed by atoms with E-state index < -0.39 is 30.5 Å². The Morgan fingerprint density at radius 2 is 1.38 bits per heavy atom. The molecule has 2 aromatic carbocycles. The van der Waals surface area contributed by atoms with Gasteiger partial charge in [-0.1, -0.05) is 12.1 Å². The molecule has 4 N–H and O–H groups in total. The lowest BCUT2D eigenvalue weighted by molar-refractivity contribution is -0.153. The van der Waals surface area contributed by atoms with Gasteiger partial charge >= 0.3 is 6.18 Å². The van der Waals surface area contributed by atoms with Crippen LogP contribution in [0.5, 0.6) is 5.75 Å². The molecule has 0 fully saturated rings. The maximum atomic E-state index is 12.1. The Bertz CT molecular complexity index is 866. The number of halogens is 3. The summed E-state index contributed by atoms with van der Waals surface area (Å²) in [5, 5.41) is 5.01. The molecule has 2 aromatic rings. The smallest absolute Gasteiger partial charge is 0.422 e. The molecule has 0 bridgehead atoms. The molecule has 0 aromatic heterocycles. The van der Waals surface area contributed by atoms with Crippen molar-refractivity contribution >= 4 is 17.7 Å². The standard InChI is InChI=1S/C19H18F3N3O4/c20-19(21,22)11-29-15-7-5-14(6-8-15)17(27)24-9-12-1-3-13(4-2-12)18(28)25-10-16(23)26/h1-8H,9-11H2,(H2,23,26)(H,24,27)(H,25,28). The van der Waals surface area contributed by atoms with Crippen molar-refractivity contribution in [3.8, 4) is 5.75 Å². The highest BCUT2D eigenvalue weighted by Crippen LogP contribution is 2.19. The van der Waals surface area contributed by atoms with Crippen molar-refractivity contribution in [2.45, 2.75) is 12.7 Å². The monoisotopic (exact) mass is 409 g/mol. The number of amides is 3. The van der Waals surface area contributed by atoms with E-state index in [9.17, 15) is 27.6 Å². The van der Waals surface area contributed by atoms with Crippen LogP contribution in [-0.4, -0.2) is 37.0 Å². The Morgan fingerprint density at radius 1 is 0.862 bits per heavy atom. The van der Waals surface area contributed by atoms with Crippen molar-refractivity contribution in [3.05, 3.63) is 65.2 Å². The molecule has 0 atom stereocenters. The van der Waals surface area contributed by atoms with Gasteiger partial charge in [0.05, 0.1) is 6.54 Å². The lowest BCUT2D eigenvalue weighted by atomic mass is 10.1. The molecule has 10 heteroatoms. The summed E-state index contributed by atoms with van der Waals surface area (Å²) < 4.78 is 40.9. The fourth-order valence-corrected chi connectivity index (χ4v) is 2.20. The molecule has 0 heterocycles. The van der Waals surface area contributed by atoms with E-state index in [2.05, 4.69) is 15.4 Å². The Hall–Kier alpha value is -3.56. The van der Waals surface area contributed by atoms with Crippen molar-refractivity contribution in [1.29, 1.82) is 0 Å². The second-order valence-corrected chi connectivity index (χ2v) is 5.96. The zero-order chi connectivity index (χ0) is 21.4. The number of alkyl halides is 3. The van der Waals surface area contributed by atoms with Crippen LogP contribution in [0.3, 0.4) is 0 Å². The summed E-state index contributed by atoms with van der Waals surface area (Å²) in [5.74, 6) is -1.52. The third-order valence-corrected chi connectivity index (χ3v) is 3.61. The first-order valence-corrected chi connectivity index (χ1v) is 8.37. The lowest BCUT2D eigenvalue weighted by Gasteiger charge is -2.10. The number of hydrogen-bond acceptors (Lipinski definition) is 4. The molecule has 0 aliphatic rings. The van der Waals surface area contributed by atoms with Gasteiger partial charge < -0.3 is 21.1 Å². The van der Waals surface area contributed by atoms with E-state index in [-0.39, 0.29) is 24.4 Å². The molecular weight excluding hydrogens is 391 g/mol. The topological polar surface area (TPSA) is 111 Å². The van der Waals surface area contributed by atoms with Gasteiger partial charge in [-0.05, 0) is 42.0 Å². The highest BCUT2D eigenvalue weighted by molar-refractivity contribution is 5.96. The van der Waals surface area contributed by atoms with E-state index in [0.29, 0.717) is 5.56 Å². The van der Waals surface area contributed by atoms with Crippen molar-refractivity contribution in [3.63, 3.8) is 0 Å². The zero-order valence-corrected chi connectivity index (χ0v) is 15.1. The summed E-state index contributed by atoms with van der Waals surface area (Å²) in [6.45, 7) is -1.50. The largest absolute Gasteiger partial charge is 0.484 e. The van der Waals surface area contributed by atoms with Crippen LogP contribution < -0.4 is 21.1 Å². The fourth-order valence-electron chi connectivity index (χ4n) is 2.20. The van der Waals surface area contributed by atoms with Crippen LogP contribution >= 0.6 is 0 Å². The Balaban J connectivity index is 1.85. The lowest BCUT2D eigenvalue weighted by Crippen LogP contribution is -2.33. The third-order valence-electron chi connectivity index (χ3n) is 3.61. The SMILES string of the molecule is NC(=O)CNC(=O)c1ccc(CNC(=O)c2ccc(OCC(F)(F)F)cc2)cc1. The predicted molar refractivity (Wildman–Crippen MR) is 97.1 cm³/mol. The number of rotatable bonds is 8. The van der Waals surface area contributed by atoms with Crippen LogP contribution in [0.1, 0.15) is 26.3 Å².